The van der Waals surface area contributed by atoms with Gasteiger partial charge in [-0.2, -0.15) is 8.78 Å². The Kier molecular flexibility index (Phi) is 7.17. The summed E-state index contributed by atoms with van der Waals surface area (Å²) in [4.78, 5) is 2.27. The summed E-state index contributed by atoms with van der Waals surface area (Å²) in [5.41, 5.74) is 8.03. The van der Waals surface area contributed by atoms with E-state index < -0.39 is 6.61 Å². The molecule has 2 aromatic rings. The molecule has 136 valence electrons. The Morgan fingerprint density at radius 1 is 1.04 bits per heavy atom. The topological polar surface area (TPSA) is 38.5 Å². The first-order valence-corrected chi connectivity index (χ1v) is 8.17. The summed E-state index contributed by atoms with van der Waals surface area (Å²) in [7, 11) is 0. The molecular formula is C19H23ClF2N2O. The van der Waals surface area contributed by atoms with Crippen molar-refractivity contribution in [2.45, 2.75) is 19.1 Å². The summed E-state index contributed by atoms with van der Waals surface area (Å²) in [6.45, 7) is 0.126. The number of nitrogens with zero attached hydrogens (tertiary/aromatic N) is 1. The van der Waals surface area contributed by atoms with Crippen molar-refractivity contribution >= 4 is 12.4 Å². The maximum atomic E-state index is 12.6. The van der Waals surface area contributed by atoms with E-state index in [0.717, 1.165) is 18.7 Å². The van der Waals surface area contributed by atoms with Crippen LogP contribution in [0.3, 0.4) is 0 Å². The van der Waals surface area contributed by atoms with E-state index in [9.17, 15) is 8.78 Å². The van der Waals surface area contributed by atoms with Gasteiger partial charge in [-0.05, 0) is 24.1 Å². The van der Waals surface area contributed by atoms with Crippen LogP contribution in [0.15, 0.2) is 54.6 Å². The smallest absolute Gasteiger partial charge is 0.387 e. The normalized spacial score (nSPS) is 20.5. The third-order valence-electron chi connectivity index (χ3n) is 4.63. The Balaban J connectivity index is 0.00000225. The quantitative estimate of drug-likeness (QED) is 0.840. The lowest BCUT2D eigenvalue weighted by Gasteiger charge is -2.18. The Morgan fingerprint density at radius 3 is 2.40 bits per heavy atom. The second-order valence-corrected chi connectivity index (χ2v) is 6.19. The summed E-state index contributed by atoms with van der Waals surface area (Å²) < 4.78 is 29.8. The van der Waals surface area contributed by atoms with Gasteiger partial charge in [0, 0.05) is 31.1 Å². The molecule has 0 amide bonds. The molecule has 1 heterocycles. The number of benzene rings is 2. The van der Waals surface area contributed by atoms with E-state index in [2.05, 4.69) is 21.8 Å². The van der Waals surface area contributed by atoms with Crippen molar-refractivity contribution in [2.24, 2.45) is 11.7 Å². The molecule has 25 heavy (non-hydrogen) atoms. The van der Waals surface area contributed by atoms with E-state index in [4.69, 9.17) is 5.73 Å². The minimum absolute atomic E-state index is 0. The molecular weight excluding hydrogens is 346 g/mol. The van der Waals surface area contributed by atoms with Gasteiger partial charge < -0.3 is 10.5 Å². The number of rotatable bonds is 6. The van der Waals surface area contributed by atoms with E-state index in [1.165, 1.54) is 5.56 Å². The predicted octanol–water partition coefficient (Wildman–Crippen LogP) is 3.88. The zero-order chi connectivity index (χ0) is 16.9. The SMILES string of the molecule is Cl.NC[C@@H]1CN(Cc2ccccc2OC(F)F)C[C@H]1c1ccccc1. The number of alkyl halides is 2. The standard InChI is InChI=1S/C19H22F2N2O.ClH/c20-19(21)24-18-9-5-4-8-15(18)11-23-12-16(10-22)17(13-23)14-6-2-1-3-7-14;/h1-9,16-17,19H,10-13,22H2;1H/t16-,17+;/m1./s1. The van der Waals surface area contributed by atoms with Gasteiger partial charge in [0.15, 0.2) is 0 Å². The minimum Gasteiger partial charge on any atom is -0.434 e. The highest BCUT2D eigenvalue weighted by molar-refractivity contribution is 5.85. The lowest BCUT2D eigenvalue weighted by atomic mass is 9.89. The summed E-state index contributed by atoms with van der Waals surface area (Å²) >= 11 is 0. The molecule has 2 aromatic carbocycles. The fourth-order valence-corrected chi connectivity index (χ4v) is 3.49. The molecule has 3 nitrogen and oxygen atoms in total. The van der Waals surface area contributed by atoms with Crippen molar-refractivity contribution in [1.29, 1.82) is 0 Å². The van der Waals surface area contributed by atoms with Crippen LogP contribution in [0.1, 0.15) is 17.0 Å². The third kappa shape index (κ3) is 4.91. The van der Waals surface area contributed by atoms with E-state index >= 15 is 0 Å². The van der Waals surface area contributed by atoms with Gasteiger partial charge >= 0.3 is 6.61 Å². The first-order valence-electron chi connectivity index (χ1n) is 8.17. The number of hydrogen-bond donors (Lipinski definition) is 1. The van der Waals surface area contributed by atoms with Crippen LogP contribution in [0.5, 0.6) is 5.75 Å². The third-order valence-corrected chi connectivity index (χ3v) is 4.63. The Bertz CT molecular complexity index is 657. The average molecular weight is 369 g/mol. The van der Waals surface area contributed by atoms with E-state index in [1.54, 1.807) is 12.1 Å². The van der Waals surface area contributed by atoms with Gasteiger partial charge in [-0.1, -0.05) is 48.5 Å². The van der Waals surface area contributed by atoms with Crippen molar-refractivity contribution in [1.82, 2.24) is 4.90 Å². The van der Waals surface area contributed by atoms with Crippen LogP contribution in [0.4, 0.5) is 8.78 Å². The van der Waals surface area contributed by atoms with Crippen LogP contribution in [0.2, 0.25) is 0 Å². The number of ether oxygens (including phenoxy) is 1. The van der Waals surface area contributed by atoms with Crippen LogP contribution in [0.25, 0.3) is 0 Å². The molecule has 1 aliphatic rings. The number of hydrogen-bond acceptors (Lipinski definition) is 3. The lowest BCUT2D eigenvalue weighted by molar-refractivity contribution is -0.0507. The molecule has 0 unspecified atom stereocenters. The largest absolute Gasteiger partial charge is 0.434 e. The van der Waals surface area contributed by atoms with Crippen molar-refractivity contribution in [2.75, 3.05) is 19.6 Å². The molecule has 3 rings (SSSR count). The molecule has 1 aliphatic heterocycles. The van der Waals surface area contributed by atoms with Gasteiger partial charge in [-0.3, -0.25) is 4.90 Å². The highest BCUT2D eigenvalue weighted by atomic mass is 35.5. The molecule has 0 saturated carbocycles. The summed E-state index contributed by atoms with van der Waals surface area (Å²) in [6.07, 6.45) is 0. The predicted molar refractivity (Wildman–Crippen MR) is 97.3 cm³/mol. The van der Waals surface area contributed by atoms with Crippen LogP contribution in [-0.2, 0) is 6.54 Å². The molecule has 0 aromatic heterocycles. The van der Waals surface area contributed by atoms with Crippen LogP contribution >= 0.6 is 12.4 Å². The Morgan fingerprint density at radius 2 is 1.72 bits per heavy atom. The van der Waals surface area contributed by atoms with Gasteiger partial charge in [0.25, 0.3) is 0 Å². The maximum Gasteiger partial charge on any atom is 0.387 e. The fourth-order valence-electron chi connectivity index (χ4n) is 3.49. The van der Waals surface area contributed by atoms with Gasteiger partial charge in [0.05, 0.1) is 0 Å². The number of likely N-dealkylation sites (tertiary alicyclic amines) is 1. The van der Waals surface area contributed by atoms with Crippen LogP contribution in [0, 0.1) is 5.92 Å². The monoisotopic (exact) mass is 368 g/mol. The molecule has 0 bridgehead atoms. The molecule has 6 heteroatoms. The van der Waals surface area contributed by atoms with Crippen molar-refractivity contribution in [3.63, 3.8) is 0 Å². The van der Waals surface area contributed by atoms with Crippen molar-refractivity contribution in [3.05, 3.63) is 65.7 Å². The van der Waals surface area contributed by atoms with E-state index in [1.807, 2.05) is 30.3 Å². The molecule has 1 fully saturated rings. The van der Waals surface area contributed by atoms with Gasteiger partial charge in [-0.25, -0.2) is 0 Å². The van der Waals surface area contributed by atoms with Crippen molar-refractivity contribution < 1.29 is 13.5 Å². The molecule has 2 atom stereocenters. The number of nitrogens with two attached hydrogens (primary N) is 1. The summed E-state index contributed by atoms with van der Waals surface area (Å²) in [6, 6.07) is 17.3. The van der Waals surface area contributed by atoms with E-state index in [-0.39, 0.29) is 18.2 Å². The number of halogens is 3. The van der Waals surface area contributed by atoms with Gasteiger partial charge in [0.2, 0.25) is 0 Å². The zero-order valence-electron chi connectivity index (χ0n) is 13.9. The second-order valence-electron chi connectivity index (χ2n) is 6.19. The zero-order valence-corrected chi connectivity index (χ0v) is 14.7. The van der Waals surface area contributed by atoms with Crippen LogP contribution < -0.4 is 10.5 Å². The molecule has 0 spiro atoms. The highest BCUT2D eigenvalue weighted by Gasteiger charge is 2.33. The van der Waals surface area contributed by atoms with Gasteiger partial charge in [0.1, 0.15) is 5.75 Å². The number of para-hydroxylation sites is 1. The molecule has 1 saturated heterocycles. The molecule has 2 N–H and O–H groups in total. The summed E-state index contributed by atoms with van der Waals surface area (Å²) in [5.74, 6) is 0.995. The van der Waals surface area contributed by atoms with Crippen LogP contribution in [-0.4, -0.2) is 31.1 Å². The first kappa shape index (κ1) is 19.6. The lowest BCUT2D eigenvalue weighted by Crippen LogP contribution is -2.23. The maximum absolute atomic E-state index is 12.6. The van der Waals surface area contributed by atoms with Crippen molar-refractivity contribution in [3.8, 4) is 5.75 Å². The summed E-state index contributed by atoms with van der Waals surface area (Å²) in [5, 5.41) is 0. The van der Waals surface area contributed by atoms with E-state index in [0.29, 0.717) is 24.9 Å². The molecule has 0 radical (unpaired) electrons. The minimum atomic E-state index is -2.81. The Labute approximate surface area is 153 Å². The van der Waals surface area contributed by atoms with Gasteiger partial charge in [-0.15, -0.1) is 12.4 Å². The first-order chi connectivity index (χ1) is 11.7. The second kappa shape index (κ2) is 9.13. The molecule has 0 aliphatic carbocycles. The highest BCUT2D eigenvalue weighted by Crippen LogP contribution is 2.34. The Hall–Kier alpha value is -1.69. The fraction of sp³-hybridized carbons (Fsp3) is 0.368. The average Bonchev–Trinajstić information content (AvgIpc) is 3.00.